The highest BCUT2D eigenvalue weighted by molar-refractivity contribution is 9.10. The molecule has 0 aliphatic heterocycles. The smallest absolute Gasteiger partial charge is 0.573 e. The van der Waals surface area contributed by atoms with Gasteiger partial charge in [-0.05, 0) is 40.2 Å². The normalized spacial score (nSPS) is 13.1. The van der Waals surface area contributed by atoms with Gasteiger partial charge in [-0.1, -0.05) is 0 Å². The fourth-order valence-corrected chi connectivity index (χ4v) is 2.16. The third kappa shape index (κ3) is 4.76. The van der Waals surface area contributed by atoms with Crippen molar-refractivity contribution in [2.45, 2.75) is 12.9 Å². The second-order valence-corrected chi connectivity index (χ2v) is 5.27. The number of alkyl halides is 3. The fraction of sp³-hybridized carbons (Fsp3) is 0.200. The van der Waals surface area contributed by atoms with Crippen molar-refractivity contribution >= 4 is 27.2 Å². The number of nitrogens with zero attached hydrogens (tertiary/aromatic N) is 3. The van der Waals surface area contributed by atoms with Crippen LogP contribution >= 0.6 is 15.9 Å². The van der Waals surface area contributed by atoms with Gasteiger partial charge in [-0.15, -0.1) is 18.3 Å². The summed E-state index contributed by atoms with van der Waals surface area (Å²) in [6.45, 7) is -0.129. The molecule has 0 aliphatic carbocycles. The first kappa shape index (κ1) is 16.9. The monoisotopic (exact) mass is 399 g/mol. The maximum atomic E-state index is 12.1. The molecule has 22 heavy (non-hydrogen) atoms. The van der Waals surface area contributed by atoms with E-state index in [4.69, 9.17) is 0 Å². The van der Waals surface area contributed by atoms with Gasteiger partial charge in [0.2, 0.25) is 4.73 Å². The summed E-state index contributed by atoms with van der Waals surface area (Å²) in [5.74, 6) is -0.128. The molecule has 0 saturated carbocycles. The Labute approximate surface area is 133 Å². The molecule has 2 rings (SSSR count). The van der Waals surface area contributed by atoms with Gasteiger partial charge in [0.25, 0.3) is 0 Å². The van der Waals surface area contributed by atoms with E-state index < -0.39 is 17.6 Å². The summed E-state index contributed by atoms with van der Waals surface area (Å²) in [7, 11) is 0. The molecule has 2 aromatic rings. The lowest BCUT2D eigenvalue weighted by atomic mass is 10.3. The molecular formula is C10H7BrF3N4O3S-. The largest absolute Gasteiger partial charge is 0.760 e. The first-order valence-corrected chi connectivity index (χ1v) is 7.42. The van der Waals surface area contributed by atoms with E-state index in [0.717, 1.165) is 12.1 Å². The number of nitrogens with one attached hydrogen (secondary N) is 1. The van der Waals surface area contributed by atoms with Crippen LogP contribution in [0.2, 0.25) is 0 Å². The molecule has 0 amide bonds. The lowest BCUT2D eigenvalue weighted by molar-refractivity contribution is -0.274. The maximum Gasteiger partial charge on any atom is 0.573 e. The summed E-state index contributed by atoms with van der Waals surface area (Å²) in [5.41, 5.74) is 0.390. The Hall–Kier alpha value is -1.50. The van der Waals surface area contributed by atoms with Crippen molar-refractivity contribution < 1.29 is 26.7 Å². The van der Waals surface area contributed by atoms with Gasteiger partial charge in [0.15, 0.2) is 0 Å². The van der Waals surface area contributed by atoms with Gasteiger partial charge in [-0.25, -0.2) is 14.4 Å². The summed E-state index contributed by atoms with van der Waals surface area (Å²) in [5, 5.41) is 3.98. The Morgan fingerprint density at radius 3 is 2.55 bits per heavy atom. The molecule has 0 saturated heterocycles. The zero-order chi connectivity index (χ0) is 16.3. The minimum atomic E-state index is -4.77. The lowest BCUT2D eigenvalue weighted by Gasteiger charge is -2.11. The van der Waals surface area contributed by atoms with E-state index in [1.54, 1.807) is 0 Å². The second kappa shape index (κ2) is 6.73. The molecule has 0 fully saturated rings. The average molecular weight is 400 g/mol. The van der Waals surface area contributed by atoms with E-state index in [2.05, 4.69) is 35.5 Å². The number of ether oxygens (including phenoxy) is 1. The van der Waals surface area contributed by atoms with E-state index in [9.17, 15) is 21.9 Å². The van der Waals surface area contributed by atoms with Gasteiger partial charge in [0, 0.05) is 11.3 Å². The quantitative estimate of drug-likeness (QED) is 0.774. The number of hydrogen-bond donors (Lipinski definition) is 1. The third-order valence-electron chi connectivity index (χ3n) is 2.31. The third-order valence-corrected chi connectivity index (χ3v) is 3.03. The molecule has 12 heteroatoms. The van der Waals surface area contributed by atoms with Crippen LogP contribution in [0.25, 0.3) is 5.69 Å². The van der Waals surface area contributed by atoms with Crippen LogP contribution < -0.4 is 9.46 Å². The van der Waals surface area contributed by atoms with Crippen LogP contribution in [-0.4, -0.2) is 29.9 Å². The Kier molecular flexibility index (Phi) is 5.16. The SMILES string of the molecule is O=S([O-])NCc1nc(Br)nn1-c1ccc(OC(F)(F)F)cc1. The molecule has 120 valence electrons. The van der Waals surface area contributed by atoms with Crippen LogP contribution in [0, 0.1) is 0 Å². The van der Waals surface area contributed by atoms with Gasteiger partial charge < -0.3 is 9.29 Å². The van der Waals surface area contributed by atoms with Crippen LogP contribution in [-0.2, 0) is 17.8 Å². The first-order valence-electron chi connectivity index (χ1n) is 5.55. The van der Waals surface area contributed by atoms with Crippen molar-refractivity contribution in [1.29, 1.82) is 0 Å². The average Bonchev–Trinajstić information content (AvgIpc) is 2.76. The Balaban J connectivity index is 2.22. The van der Waals surface area contributed by atoms with Crippen molar-refractivity contribution in [3.05, 3.63) is 34.8 Å². The first-order chi connectivity index (χ1) is 10.2. The van der Waals surface area contributed by atoms with Crippen LogP contribution in [0.5, 0.6) is 5.75 Å². The number of benzene rings is 1. The molecule has 1 aromatic carbocycles. The lowest BCUT2D eigenvalue weighted by Crippen LogP contribution is -2.19. The van der Waals surface area contributed by atoms with Gasteiger partial charge in [0.05, 0.1) is 12.2 Å². The van der Waals surface area contributed by atoms with Crippen molar-refractivity contribution in [3.8, 4) is 11.4 Å². The number of rotatable bonds is 5. The van der Waals surface area contributed by atoms with Gasteiger partial charge in [-0.3, -0.25) is 4.21 Å². The fourth-order valence-electron chi connectivity index (χ4n) is 1.55. The number of aromatic nitrogens is 3. The van der Waals surface area contributed by atoms with E-state index in [-0.39, 0.29) is 22.9 Å². The Bertz CT molecular complexity index is 677. The molecule has 1 N–H and O–H groups in total. The molecular weight excluding hydrogens is 393 g/mol. The molecule has 1 unspecified atom stereocenters. The molecule has 1 atom stereocenters. The highest BCUT2D eigenvalue weighted by Gasteiger charge is 2.31. The van der Waals surface area contributed by atoms with Crippen molar-refractivity contribution in [1.82, 2.24) is 19.5 Å². The van der Waals surface area contributed by atoms with Gasteiger partial charge >= 0.3 is 6.36 Å². The van der Waals surface area contributed by atoms with Crippen molar-refractivity contribution in [3.63, 3.8) is 0 Å². The van der Waals surface area contributed by atoms with Crippen molar-refractivity contribution in [2.75, 3.05) is 0 Å². The minimum Gasteiger partial charge on any atom is -0.760 e. The van der Waals surface area contributed by atoms with Gasteiger partial charge in [0.1, 0.15) is 11.6 Å². The molecule has 0 aliphatic rings. The molecule has 0 spiro atoms. The highest BCUT2D eigenvalue weighted by atomic mass is 79.9. The topological polar surface area (TPSA) is 92.1 Å². The van der Waals surface area contributed by atoms with E-state index in [1.807, 2.05) is 0 Å². The standard InChI is InChI=1S/C10H8BrF3N4O3S/c11-9-16-8(5-15-22(19)20)18(17-9)6-1-3-7(4-2-6)21-10(12,13)14/h1-4,15H,5H2,(H,19,20)/p-1. The summed E-state index contributed by atoms with van der Waals surface area (Å²) < 4.78 is 64.6. The number of hydrogen-bond acceptors (Lipinski definition) is 5. The minimum absolute atomic E-state index is 0.129. The maximum absolute atomic E-state index is 12.1. The Morgan fingerprint density at radius 1 is 1.36 bits per heavy atom. The highest BCUT2D eigenvalue weighted by Crippen LogP contribution is 2.24. The molecule has 1 heterocycles. The van der Waals surface area contributed by atoms with Crippen molar-refractivity contribution in [2.24, 2.45) is 0 Å². The van der Waals surface area contributed by atoms with Gasteiger partial charge in [-0.2, -0.15) is 0 Å². The number of halogens is 4. The van der Waals surface area contributed by atoms with E-state index >= 15 is 0 Å². The van der Waals surface area contributed by atoms with E-state index in [1.165, 1.54) is 16.8 Å². The summed E-state index contributed by atoms with van der Waals surface area (Å²) in [6.07, 6.45) is -4.77. The molecule has 0 bridgehead atoms. The van der Waals surface area contributed by atoms with Crippen LogP contribution in [0.1, 0.15) is 5.82 Å². The Morgan fingerprint density at radius 2 is 2.00 bits per heavy atom. The zero-order valence-electron chi connectivity index (χ0n) is 10.5. The molecule has 7 nitrogen and oxygen atoms in total. The second-order valence-electron chi connectivity index (χ2n) is 3.81. The molecule has 0 radical (unpaired) electrons. The summed E-state index contributed by atoms with van der Waals surface area (Å²) in [6, 6.07) is 4.89. The van der Waals surface area contributed by atoms with Crippen LogP contribution in [0.3, 0.4) is 0 Å². The van der Waals surface area contributed by atoms with Crippen LogP contribution in [0.15, 0.2) is 29.0 Å². The summed E-state index contributed by atoms with van der Waals surface area (Å²) >= 11 is 0.565. The predicted molar refractivity (Wildman–Crippen MR) is 71.5 cm³/mol. The zero-order valence-corrected chi connectivity index (χ0v) is 12.9. The molecule has 1 aromatic heterocycles. The van der Waals surface area contributed by atoms with Crippen LogP contribution in [0.4, 0.5) is 13.2 Å². The summed E-state index contributed by atoms with van der Waals surface area (Å²) in [4.78, 5) is 3.96. The predicted octanol–water partition coefficient (Wildman–Crippen LogP) is 1.81. The van der Waals surface area contributed by atoms with E-state index in [0.29, 0.717) is 5.69 Å².